The van der Waals surface area contributed by atoms with Gasteiger partial charge in [0.2, 0.25) is 0 Å². The molecular formula is C15H20N2OS. The minimum absolute atomic E-state index is 0.0972. The van der Waals surface area contributed by atoms with Gasteiger partial charge in [0.05, 0.1) is 0 Å². The van der Waals surface area contributed by atoms with E-state index in [2.05, 4.69) is 0 Å². The summed E-state index contributed by atoms with van der Waals surface area (Å²) in [5.74, 6) is 0.0972. The normalized spacial score (nSPS) is 16.5. The van der Waals surface area contributed by atoms with Crippen LogP contribution in [-0.4, -0.2) is 28.9 Å². The maximum absolute atomic E-state index is 12.5. The molecule has 0 bridgehead atoms. The van der Waals surface area contributed by atoms with E-state index in [1.54, 1.807) is 6.07 Å². The van der Waals surface area contributed by atoms with Gasteiger partial charge in [-0.2, -0.15) is 0 Å². The molecule has 1 aromatic rings. The van der Waals surface area contributed by atoms with E-state index < -0.39 is 0 Å². The van der Waals surface area contributed by atoms with Crippen LogP contribution in [0.15, 0.2) is 24.3 Å². The maximum Gasteiger partial charge on any atom is 0.253 e. The van der Waals surface area contributed by atoms with Crippen molar-refractivity contribution in [2.24, 2.45) is 5.73 Å². The minimum atomic E-state index is 0.0972. The molecule has 0 atom stereocenters. The summed E-state index contributed by atoms with van der Waals surface area (Å²) < 4.78 is 0. The van der Waals surface area contributed by atoms with Gasteiger partial charge in [-0.15, -0.1) is 0 Å². The first-order valence-corrected chi connectivity index (χ1v) is 7.28. The molecule has 19 heavy (non-hydrogen) atoms. The van der Waals surface area contributed by atoms with Gasteiger partial charge in [-0.25, -0.2) is 0 Å². The third kappa shape index (κ3) is 3.77. The van der Waals surface area contributed by atoms with Crippen LogP contribution in [0, 0.1) is 0 Å². The molecular weight excluding hydrogens is 256 g/mol. The average Bonchev–Trinajstić information content (AvgIpc) is 2.38. The topological polar surface area (TPSA) is 46.3 Å². The second-order valence-corrected chi connectivity index (χ2v) is 5.44. The molecule has 0 radical (unpaired) electrons. The van der Waals surface area contributed by atoms with Crippen LogP contribution >= 0.6 is 12.2 Å². The van der Waals surface area contributed by atoms with Crippen LogP contribution in [0.4, 0.5) is 0 Å². The van der Waals surface area contributed by atoms with Crippen molar-refractivity contribution in [3.05, 3.63) is 35.4 Å². The lowest BCUT2D eigenvalue weighted by molar-refractivity contribution is 0.0742. The standard InChI is InChI=1S/C15H20N2OS/c16-14(19)12-7-6-8-13(11-12)15(18)17-9-4-2-1-3-5-10-17/h6-8,11H,1-5,9-10H2,(H2,16,19). The van der Waals surface area contributed by atoms with Gasteiger partial charge >= 0.3 is 0 Å². The summed E-state index contributed by atoms with van der Waals surface area (Å²) in [4.78, 5) is 14.8. The number of carbonyl (C=O) groups is 1. The number of amides is 1. The molecule has 3 nitrogen and oxygen atoms in total. The molecule has 0 saturated carbocycles. The van der Waals surface area contributed by atoms with Gasteiger partial charge in [0.1, 0.15) is 4.99 Å². The van der Waals surface area contributed by atoms with E-state index in [1.165, 1.54) is 19.3 Å². The Morgan fingerprint density at radius 2 is 1.63 bits per heavy atom. The number of hydrogen-bond acceptors (Lipinski definition) is 2. The van der Waals surface area contributed by atoms with Crippen molar-refractivity contribution >= 4 is 23.1 Å². The Morgan fingerprint density at radius 3 is 2.26 bits per heavy atom. The highest BCUT2D eigenvalue weighted by atomic mass is 32.1. The van der Waals surface area contributed by atoms with Crippen molar-refractivity contribution in [3.63, 3.8) is 0 Å². The molecule has 1 aliphatic heterocycles. The predicted octanol–water partition coefficient (Wildman–Crippen LogP) is 2.73. The van der Waals surface area contributed by atoms with Crippen molar-refractivity contribution < 1.29 is 4.79 Å². The second-order valence-electron chi connectivity index (χ2n) is 5.01. The van der Waals surface area contributed by atoms with E-state index in [4.69, 9.17) is 18.0 Å². The molecule has 2 N–H and O–H groups in total. The molecule has 0 aliphatic carbocycles. The SMILES string of the molecule is NC(=S)c1cccc(C(=O)N2CCCCCCC2)c1. The molecule has 0 aromatic heterocycles. The van der Waals surface area contributed by atoms with Crippen LogP contribution in [0.25, 0.3) is 0 Å². The number of hydrogen-bond donors (Lipinski definition) is 1. The van der Waals surface area contributed by atoms with Crippen molar-refractivity contribution in [1.29, 1.82) is 0 Å². The Balaban J connectivity index is 2.13. The summed E-state index contributed by atoms with van der Waals surface area (Å²) in [5.41, 5.74) is 7.06. The van der Waals surface area contributed by atoms with Crippen molar-refractivity contribution in [1.82, 2.24) is 4.90 Å². The molecule has 4 heteroatoms. The molecule has 1 aromatic carbocycles. The Hall–Kier alpha value is -1.42. The van der Waals surface area contributed by atoms with Crippen molar-refractivity contribution in [2.75, 3.05) is 13.1 Å². The molecule has 1 fully saturated rings. The van der Waals surface area contributed by atoms with E-state index in [-0.39, 0.29) is 5.91 Å². The number of thiocarbonyl (C=S) groups is 1. The Labute approximate surface area is 119 Å². The van der Waals surface area contributed by atoms with E-state index in [1.807, 2.05) is 23.1 Å². The molecule has 0 spiro atoms. The van der Waals surface area contributed by atoms with Gasteiger partial charge in [0.15, 0.2) is 0 Å². The Morgan fingerprint density at radius 1 is 1.05 bits per heavy atom. The molecule has 0 unspecified atom stereocenters. The number of benzene rings is 1. The number of nitrogens with zero attached hydrogens (tertiary/aromatic N) is 1. The Bertz CT molecular complexity index is 465. The zero-order valence-corrected chi connectivity index (χ0v) is 11.9. The van der Waals surface area contributed by atoms with Crippen LogP contribution in [-0.2, 0) is 0 Å². The van der Waals surface area contributed by atoms with Gasteiger partial charge in [0, 0.05) is 24.2 Å². The van der Waals surface area contributed by atoms with Crippen LogP contribution in [0.3, 0.4) is 0 Å². The van der Waals surface area contributed by atoms with E-state index in [0.717, 1.165) is 31.5 Å². The number of nitrogens with two attached hydrogens (primary N) is 1. The average molecular weight is 276 g/mol. The molecule has 102 valence electrons. The lowest BCUT2D eigenvalue weighted by atomic mass is 10.1. The van der Waals surface area contributed by atoms with Gasteiger partial charge in [0.25, 0.3) is 5.91 Å². The highest BCUT2D eigenvalue weighted by Gasteiger charge is 2.16. The molecule has 1 amide bonds. The summed E-state index contributed by atoms with van der Waals surface area (Å²) in [6, 6.07) is 7.31. The second kappa shape index (κ2) is 6.66. The lowest BCUT2D eigenvalue weighted by Gasteiger charge is -2.25. The smallest absolute Gasteiger partial charge is 0.253 e. The zero-order chi connectivity index (χ0) is 13.7. The monoisotopic (exact) mass is 276 g/mol. The van der Waals surface area contributed by atoms with Gasteiger partial charge < -0.3 is 10.6 Å². The first-order chi connectivity index (χ1) is 9.18. The molecule has 1 heterocycles. The van der Waals surface area contributed by atoms with E-state index >= 15 is 0 Å². The van der Waals surface area contributed by atoms with Crippen molar-refractivity contribution in [3.8, 4) is 0 Å². The van der Waals surface area contributed by atoms with Crippen LogP contribution in [0.2, 0.25) is 0 Å². The van der Waals surface area contributed by atoms with Crippen LogP contribution in [0.5, 0.6) is 0 Å². The Kier molecular flexibility index (Phi) is 4.91. The molecule has 1 saturated heterocycles. The predicted molar refractivity (Wildman–Crippen MR) is 81.3 cm³/mol. The fourth-order valence-electron chi connectivity index (χ4n) is 2.44. The number of carbonyl (C=O) groups excluding carboxylic acids is 1. The third-order valence-corrected chi connectivity index (χ3v) is 3.77. The summed E-state index contributed by atoms with van der Waals surface area (Å²) in [6.07, 6.45) is 5.92. The van der Waals surface area contributed by atoms with E-state index in [9.17, 15) is 4.79 Å². The zero-order valence-electron chi connectivity index (χ0n) is 11.1. The van der Waals surface area contributed by atoms with Gasteiger partial charge in [-0.3, -0.25) is 4.79 Å². The van der Waals surface area contributed by atoms with E-state index in [0.29, 0.717) is 10.6 Å². The highest BCUT2D eigenvalue weighted by molar-refractivity contribution is 7.80. The summed E-state index contributed by atoms with van der Waals surface area (Å²) in [6.45, 7) is 1.71. The summed E-state index contributed by atoms with van der Waals surface area (Å²) in [7, 11) is 0. The highest BCUT2D eigenvalue weighted by Crippen LogP contribution is 2.14. The summed E-state index contributed by atoms with van der Waals surface area (Å²) in [5, 5.41) is 0. The van der Waals surface area contributed by atoms with Gasteiger partial charge in [-0.1, -0.05) is 43.6 Å². The van der Waals surface area contributed by atoms with Crippen LogP contribution in [0.1, 0.15) is 48.0 Å². The lowest BCUT2D eigenvalue weighted by Crippen LogP contribution is -2.33. The van der Waals surface area contributed by atoms with Gasteiger partial charge in [-0.05, 0) is 25.0 Å². The fraction of sp³-hybridized carbons (Fsp3) is 0.467. The quantitative estimate of drug-likeness (QED) is 0.845. The number of likely N-dealkylation sites (tertiary alicyclic amines) is 1. The summed E-state index contributed by atoms with van der Waals surface area (Å²) >= 11 is 4.96. The minimum Gasteiger partial charge on any atom is -0.389 e. The number of rotatable bonds is 2. The van der Waals surface area contributed by atoms with Crippen LogP contribution < -0.4 is 5.73 Å². The van der Waals surface area contributed by atoms with Crippen molar-refractivity contribution in [2.45, 2.75) is 32.1 Å². The first kappa shape index (κ1) is 14.0. The maximum atomic E-state index is 12.5. The molecule has 1 aliphatic rings. The first-order valence-electron chi connectivity index (χ1n) is 6.87. The largest absolute Gasteiger partial charge is 0.389 e. The molecule has 2 rings (SSSR count). The fourth-order valence-corrected chi connectivity index (χ4v) is 2.57. The third-order valence-electron chi connectivity index (χ3n) is 3.54.